The number of amides is 1. The van der Waals surface area contributed by atoms with Crippen molar-refractivity contribution in [1.82, 2.24) is 19.9 Å². The summed E-state index contributed by atoms with van der Waals surface area (Å²) in [4.78, 5) is 19.6. The lowest BCUT2D eigenvalue weighted by Crippen LogP contribution is -2.35. The van der Waals surface area contributed by atoms with E-state index in [-0.39, 0.29) is 5.91 Å². The monoisotopic (exact) mass is 413 g/mol. The molecule has 0 fully saturated rings. The molecule has 2 aromatic heterocycles. The first kappa shape index (κ1) is 19.2. The van der Waals surface area contributed by atoms with Crippen molar-refractivity contribution in [1.29, 1.82) is 0 Å². The smallest absolute Gasteiger partial charge is 0.261 e. The van der Waals surface area contributed by atoms with Crippen LogP contribution >= 0.6 is 0 Å². The largest absolute Gasteiger partial charge is 0.339 e. The van der Waals surface area contributed by atoms with Crippen LogP contribution in [0.4, 0.5) is 5.69 Å². The van der Waals surface area contributed by atoms with E-state index in [0.29, 0.717) is 29.4 Å². The fourth-order valence-electron chi connectivity index (χ4n) is 3.97. The summed E-state index contributed by atoms with van der Waals surface area (Å²) in [6.45, 7) is 4.57. The van der Waals surface area contributed by atoms with E-state index in [1.54, 1.807) is 4.68 Å². The van der Waals surface area contributed by atoms with Crippen LogP contribution in [0.3, 0.4) is 0 Å². The van der Waals surface area contributed by atoms with Crippen molar-refractivity contribution in [3.63, 3.8) is 0 Å². The van der Waals surface area contributed by atoms with Crippen LogP contribution in [-0.2, 0) is 12.8 Å². The van der Waals surface area contributed by atoms with Crippen molar-refractivity contribution in [2.75, 3.05) is 11.4 Å². The highest BCUT2D eigenvalue weighted by Crippen LogP contribution is 2.29. The summed E-state index contributed by atoms with van der Waals surface area (Å²) < 4.78 is 6.94. The van der Waals surface area contributed by atoms with E-state index in [0.717, 1.165) is 36.3 Å². The van der Waals surface area contributed by atoms with Gasteiger partial charge in [-0.15, -0.1) is 0 Å². The fraction of sp³-hybridized carbons (Fsp3) is 0.250. The van der Waals surface area contributed by atoms with E-state index in [4.69, 9.17) is 4.52 Å². The molecular formula is C24H23N5O2. The van der Waals surface area contributed by atoms with Gasteiger partial charge in [0.05, 0.1) is 16.9 Å². The van der Waals surface area contributed by atoms with Crippen LogP contribution in [0.2, 0.25) is 0 Å². The molecule has 0 N–H and O–H groups in total. The third-order valence-corrected chi connectivity index (χ3v) is 5.65. The predicted molar refractivity (Wildman–Crippen MR) is 117 cm³/mol. The molecule has 1 aliphatic rings. The summed E-state index contributed by atoms with van der Waals surface area (Å²) in [6.07, 6.45) is 4.49. The predicted octanol–water partition coefficient (Wildman–Crippen LogP) is 4.39. The van der Waals surface area contributed by atoms with Crippen molar-refractivity contribution in [2.45, 2.75) is 33.1 Å². The number of nitrogens with zero attached hydrogens (tertiary/aromatic N) is 5. The maximum Gasteiger partial charge on any atom is 0.261 e. The summed E-state index contributed by atoms with van der Waals surface area (Å²) in [6, 6.07) is 15.9. The molecule has 3 heterocycles. The number of aryl methyl sites for hydroxylation is 3. The number of benzene rings is 2. The van der Waals surface area contributed by atoms with Gasteiger partial charge >= 0.3 is 0 Å². The molecule has 0 spiro atoms. The standard InChI is InChI=1S/C24H23N5O2/c1-3-22-25-23(27-31-22)18-10-12-19(13-11-18)29-15-20(16(2)26-29)24(30)28-14-6-8-17-7-4-5-9-21(17)28/h4-5,7,9-13,15H,3,6,8,14H2,1-2H3. The van der Waals surface area contributed by atoms with Crippen LogP contribution in [0, 0.1) is 6.92 Å². The van der Waals surface area contributed by atoms with Crippen molar-refractivity contribution in [3.05, 3.63) is 77.4 Å². The van der Waals surface area contributed by atoms with E-state index < -0.39 is 0 Å². The number of anilines is 1. The van der Waals surface area contributed by atoms with Crippen LogP contribution in [0.1, 0.15) is 40.9 Å². The van der Waals surface area contributed by atoms with Gasteiger partial charge in [0.2, 0.25) is 11.7 Å². The van der Waals surface area contributed by atoms with E-state index >= 15 is 0 Å². The molecule has 7 nitrogen and oxygen atoms in total. The van der Waals surface area contributed by atoms with Gasteiger partial charge in [0.25, 0.3) is 5.91 Å². The summed E-state index contributed by atoms with van der Waals surface area (Å²) >= 11 is 0. The molecule has 0 unspecified atom stereocenters. The van der Waals surface area contributed by atoms with E-state index in [9.17, 15) is 4.79 Å². The number of para-hydroxylation sites is 1. The second kappa shape index (κ2) is 7.83. The Balaban J connectivity index is 1.42. The van der Waals surface area contributed by atoms with Gasteiger partial charge < -0.3 is 9.42 Å². The van der Waals surface area contributed by atoms with Gasteiger partial charge in [-0.1, -0.05) is 30.3 Å². The minimum Gasteiger partial charge on any atom is -0.339 e. The zero-order valence-corrected chi connectivity index (χ0v) is 17.6. The van der Waals surface area contributed by atoms with Crippen LogP contribution in [-0.4, -0.2) is 32.4 Å². The SMILES string of the molecule is CCc1nc(-c2ccc(-n3cc(C(=O)N4CCCc5ccccc54)c(C)n3)cc2)no1. The minimum absolute atomic E-state index is 0.00795. The number of carbonyl (C=O) groups is 1. The first-order valence-electron chi connectivity index (χ1n) is 10.5. The lowest BCUT2D eigenvalue weighted by atomic mass is 10.0. The van der Waals surface area contributed by atoms with Crippen molar-refractivity contribution in [2.24, 2.45) is 0 Å². The van der Waals surface area contributed by atoms with Crippen LogP contribution in [0.15, 0.2) is 59.3 Å². The molecule has 0 aliphatic carbocycles. The first-order chi connectivity index (χ1) is 15.1. The molecular weight excluding hydrogens is 390 g/mol. The lowest BCUT2D eigenvalue weighted by Gasteiger charge is -2.29. The maximum absolute atomic E-state index is 13.3. The Morgan fingerprint density at radius 3 is 2.71 bits per heavy atom. The van der Waals surface area contributed by atoms with Gasteiger partial charge in [-0.25, -0.2) is 4.68 Å². The highest BCUT2D eigenvalue weighted by Gasteiger charge is 2.26. The molecule has 4 aromatic rings. The molecule has 156 valence electrons. The Bertz CT molecular complexity index is 1240. The van der Waals surface area contributed by atoms with Gasteiger partial charge in [0.1, 0.15) is 0 Å². The number of carbonyl (C=O) groups excluding carboxylic acids is 1. The summed E-state index contributed by atoms with van der Waals surface area (Å²) in [5, 5.41) is 8.60. The van der Waals surface area contributed by atoms with Crippen molar-refractivity contribution < 1.29 is 9.32 Å². The molecule has 1 aliphatic heterocycles. The van der Waals surface area contributed by atoms with E-state index in [1.165, 1.54) is 5.56 Å². The molecule has 31 heavy (non-hydrogen) atoms. The summed E-state index contributed by atoms with van der Waals surface area (Å²) in [5.74, 6) is 1.18. The average molecular weight is 413 g/mol. The van der Waals surface area contributed by atoms with E-state index in [2.05, 4.69) is 21.3 Å². The maximum atomic E-state index is 13.3. The normalized spacial score (nSPS) is 13.3. The highest BCUT2D eigenvalue weighted by atomic mass is 16.5. The van der Waals surface area contributed by atoms with Crippen LogP contribution in [0.5, 0.6) is 0 Å². The zero-order chi connectivity index (χ0) is 21.4. The summed E-state index contributed by atoms with van der Waals surface area (Å²) in [7, 11) is 0. The van der Waals surface area contributed by atoms with Crippen molar-refractivity contribution in [3.8, 4) is 17.1 Å². The Kier molecular flexibility index (Phi) is 4.86. The van der Waals surface area contributed by atoms with Gasteiger partial charge in [0.15, 0.2) is 0 Å². The lowest BCUT2D eigenvalue weighted by molar-refractivity contribution is 0.0984. The Hall–Kier alpha value is -3.74. The third-order valence-electron chi connectivity index (χ3n) is 5.65. The average Bonchev–Trinajstić information content (AvgIpc) is 3.45. The number of hydrogen-bond acceptors (Lipinski definition) is 5. The number of rotatable bonds is 4. The van der Waals surface area contributed by atoms with Gasteiger partial charge in [-0.3, -0.25) is 4.79 Å². The molecule has 0 radical (unpaired) electrons. The van der Waals surface area contributed by atoms with Crippen LogP contribution < -0.4 is 4.90 Å². The Labute approximate surface area is 180 Å². The summed E-state index contributed by atoms with van der Waals surface area (Å²) in [5.41, 5.74) is 5.29. The van der Waals surface area contributed by atoms with E-state index in [1.807, 2.05) is 67.4 Å². The molecule has 0 saturated carbocycles. The quantitative estimate of drug-likeness (QED) is 0.496. The number of fused-ring (bicyclic) bond motifs is 1. The fourth-order valence-corrected chi connectivity index (χ4v) is 3.97. The molecule has 0 bridgehead atoms. The van der Waals surface area contributed by atoms with Crippen LogP contribution in [0.25, 0.3) is 17.1 Å². The minimum atomic E-state index is -0.00795. The molecule has 7 heteroatoms. The topological polar surface area (TPSA) is 77.1 Å². The second-order valence-electron chi connectivity index (χ2n) is 7.67. The zero-order valence-electron chi connectivity index (χ0n) is 17.6. The molecule has 5 rings (SSSR count). The third kappa shape index (κ3) is 3.52. The molecule has 0 atom stereocenters. The Morgan fingerprint density at radius 1 is 1.13 bits per heavy atom. The highest BCUT2D eigenvalue weighted by molar-refractivity contribution is 6.07. The molecule has 2 aromatic carbocycles. The first-order valence-corrected chi connectivity index (χ1v) is 10.5. The van der Waals surface area contributed by atoms with Gasteiger partial charge in [0, 0.05) is 30.4 Å². The molecule has 0 saturated heterocycles. The second-order valence-corrected chi connectivity index (χ2v) is 7.67. The van der Waals surface area contributed by atoms with Gasteiger partial charge in [-0.05, 0) is 55.7 Å². The molecule has 1 amide bonds. The number of aromatic nitrogens is 4. The van der Waals surface area contributed by atoms with Gasteiger partial charge in [-0.2, -0.15) is 10.1 Å². The van der Waals surface area contributed by atoms with Crippen molar-refractivity contribution >= 4 is 11.6 Å². The Morgan fingerprint density at radius 2 is 1.94 bits per heavy atom. The number of hydrogen-bond donors (Lipinski definition) is 0.